The average Bonchev–Trinajstić information content (AvgIpc) is 3.05. The molecule has 0 aliphatic rings. The maximum Gasteiger partial charge on any atom is 0.275 e. The molecule has 134 valence electrons. The third-order valence-corrected chi connectivity index (χ3v) is 3.81. The molecule has 0 saturated carbocycles. The number of carbonyl (C=O) groups is 1. The molecule has 0 aliphatic carbocycles. The van der Waals surface area contributed by atoms with Crippen LogP contribution in [-0.2, 0) is 0 Å². The van der Waals surface area contributed by atoms with Crippen molar-refractivity contribution < 1.29 is 9.07 Å². The summed E-state index contributed by atoms with van der Waals surface area (Å²) in [5, 5.41) is 2.72. The van der Waals surface area contributed by atoms with Crippen molar-refractivity contribution in [3.63, 3.8) is 0 Å². The highest BCUT2D eigenvalue weighted by molar-refractivity contribution is 6.03. The van der Waals surface area contributed by atoms with Crippen molar-refractivity contribution in [2.75, 3.05) is 11.1 Å². The van der Waals surface area contributed by atoms with Crippen LogP contribution in [0.3, 0.4) is 0 Å². The number of nitrogens with one attached hydrogen (secondary N) is 2. The number of hydrogen-bond donors (Lipinski definition) is 3. The molecule has 0 spiro atoms. The molecule has 0 saturated heterocycles. The van der Waals surface area contributed by atoms with E-state index < -0.39 is 5.91 Å². The smallest absolute Gasteiger partial charge is 0.275 e. The number of rotatable bonds is 3. The molecule has 3 heterocycles. The lowest BCUT2D eigenvalue weighted by Crippen LogP contribution is -2.15. The van der Waals surface area contributed by atoms with Gasteiger partial charge in [-0.2, -0.15) is 0 Å². The Morgan fingerprint density at radius 3 is 2.92 bits per heavy atom. The summed E-state index contributed by atoms with van der Waals surface area (Å²) in [5.74, 6) is 0.254. The Morgan fingerprint density at radius 1 is 1.23 bits per heavy atom. The van der Waals surface area contributed by atoms with E-state index >= 15 is 0 Å². The van der Waals surface area contributed by atoms with Gasteiger partial charge in [-0.3, -0.25) is 9.78 Å². The summed E-state index contributed by atoms with van der Waals surface area (Å²) in [6, 6.07) is 9.33. The van der Waals surface area contributed by atoms with Gasteiger partial charge in [-0.05, 0) is 36.8 Å². The van der Waals surface area contributed by atoms with E-state index in [0.717, 1.165) is 16.6 Å². The maximum absolute atomic E-state index is 12.4. The van der Waals surface area contributed by atoms with Gasteiger partial charge in [0.15, 0.2) is 11.6 Å². The number of aromatic nitrogens is 5. The van der Waals surface area contributed by atoms with Gasteiger partial charge in [0, 0.05) is 10.5 Å². The lowest BCUT2D eigenvalue weighted by atomic mass is 10.2. The number of fused-ring (bicyclic) bond motifs is 1. The molecule has 1 amide bonds. The van der Waals surface area contributed by atoms with Crippen LogP contribution in [0.15, 0.2) is 48.9 Å². The van der Waals surface area contributed by atoms with E-state index in [1.165, 1.54) is 6.20 Å². The Balaban J connectivity index is 0.00000140. The van der Waals surface area contributed by atoms with Crippen LogP contribution < -0.4 is 11.1 Å². The van der Waals surface area contributed by atoms with Crippen molar-refractivity contribution >= 4 is 28.4 Å². The highest BCUT2D eigenvalue weighted by Gasteiger charge is 2.16. The number of hydrogen-bond acceptors (Lipinski definition) is 6. The van der Waals surface area contributed by atoms with Crippen LogP contribution in [0.25, 0.3) is 22.6 Å². The van der Waals surface area contributed by atoms with Crippen LogP contribution in [0.4, 0.5) is 11.5 Å². The molecule has 0 bridgehead atoms. The largest absolute Gasteiger partial charge is 0.382 e. The predicted molar refractivity (Wildman–Crippen MR) is 105 cm³/mol. The molecule has 4 aromatic rings. The Bertz CT molecular complexity index is 1120. The monoisotopic (exact) mass is 351 g/mol. The Kier molecular flexibility index (Phi) is 3.77. The molecule has 0 unspecified atom stereocenters. The fourth-order valence-electron chi connectivity index (χ4n) is 2.55. The van der Waals surface area contributed by atoms with Crippen LogP contribution in [-0.4, -0.2) is 30.8 Å². The van der Waals surface area contributed by atoms with E-state index in [0.29, 0.717) is 17.2 Å². The van der Waals surface area contributed by atoms with E-state index in [-0.39, 0.29) is 15.8 Å². The van der Waals surface area contributed by atoms with Crippen molar-refractivity contribution in [1.29, 1.82) is 0 Å². The van der Waals surface area contributed by atoms with Gasteiger partial charge in [-0.15, -0.1) is 0 Å². The molecule has 0 fully saturated rings. The second-order valence-corrected chi connectivity index (χ2v) is 5.79. The number of H-pyrrole nitrogens is 1. The molecular formula is C18H21N7O. The lowest BCUT2D eigenvalue weighted by Gasteiger charge is -2.06. The third-order valence-electron chi connectivity index (χ3n) is 3.81. The summed E-state index contributed by atoms with van der Waals surface area (Å²) in [6.45, 7) is 2.00. The molecule has 1 aromatic carbocycles. The number of carbonyl (C=O) groups excluding carboxylic acids is 1. The summed E-state index contributed by atoms with van der Waals surface area (Å²) >= 11 is 0. The van der Waals surface area contributed by atoms with Crippen molar-refractivity contribution in [2.45, 2.75) is 6.92 Å². The van der Waals surface area contributed by atoms with Gasteiger partial charge in [0.2, 0.25) is 0 Å². The summed E-state index contributed by atoms with van der Waals surface area (Å²) in [4.78, 5) is 32.5. The number of benzene rings is 1. The number of nitrogens with two attached hydrogens (primary N) is 1. The highest BCUT2D eigenvalue weighted by Crippen LogP contribution is 2.23. The zero-order chi connectivity index (χ0) is 18.1. The second kappa shape index (κ2) is 6.25. The number of aryl methyl sites for hydroxylation is 1. The molecular weight excluding hydrogens is 330 g/mol. The summed E-state index contributed by atoms with van der Waals surface area (Å²) in [7, 11) is 0. The van der Waals surface area contributed by atoms with Crippen LogP contribution in [0.2, 0.25) is 0 Å². The quantitative estimate of drug-likeness (QED) is 0.520. The fourth-order valence-corrected chi connectivity index (χ4v) is 2.55. The van der Waals surface area contributed by atoms with Gasteiger partial charge >= 0.3 is 0 Å². The molecule has 0 atom stereocenters. The van der Waals surface area contributed by atoms with Gasteiger partial charge in [0.1, 0.15) is 11.4 Å². The van der Waals surface area contributed by atoms with Crippen molar-refractivity contribution in [2.24, 2.45) is 0 Å². The van der Waals surface area contributed by atoms with Gasteiger partial charge in [0.05, 0.1) is 29.1 Å². The van der Waals surface area contributed by atoms with Crippen molar-refractivity contribution in [3.8, 4) is 11.5 Å². The van der Waals surface area contributed by atoms with E-state index in [9.17, 15) is 4.79 Å². The van der Waals surface area contributed by atoms with Gasteiger partial charge in [-0.25, -0.2) is 15.0 Å². The zero-order valence-corrected chi connectivity index (χ0v) is 13.9. The minimum absolute atomic E-state index is 0. The minimum Gasteiger partial charge on any atom is -0.382 e. The van der Waals surface area contributed by atoms with Gasteiger partial charge < -0.3 is 16.0 Å². The summed E-state index contributed by atoms with van der Waals surface area (Å²) in [5.41, 5.74) is 9.75. The normalized spacial score (nSPS) is 10.8. The molecule has 4 N–H and O–H groups in total. The highest BCUT2D eigenvalue weighted by atomic mass is 16.1. The molecule has 26 heavy (non-hydrogen) atoms. The van der Waals surface area contributed by atoms with Crippen molar-refractivity contribution in [1.82, 2.24) is 24.9 Å². The Morgan fingerprint density at radius 2 is 2.12 bits per heavy atom. The minimum atomic E-state index is -0.404. The molecule has 4 rings (SSSR count). The number of amides is 1. The topological polar surface area (TPSA) is 122 Å². The van der Waals surface area contributed by atoms with E-state index in [4.69, 9.17) is 5.73 Å². The van der Waals surface area contributed by atoms with Crippen LogP contribution in [0.1, 0.15) is 20.3 Å². The first-order chi connectivity index (χ1) is 12.6. The predicted octanol–water partition coefficient (Wildman–Crippen LogP) is 3.30. The first-order valence-electron chi connectivity index (χ1n) is 7.91. The molecule has 8 heteroatoms. The number of aromatic amines is 1. The zero-order valence-electron chi connectivity index (χ0n) is 13.9. The Labute approximate surface area is 153 Å². The lowest BCUT2D eigenvalue weighted by molar-refractivity contribution is 0.102. The molecule has 0 aliphatic heterocycles. The standard InChI is InChI=1S/C18H15N7O.3H2/c1-10-4-5-12-13(7-10)25-17(24-12)15-16(19)21-9-14(23-15)18(26)22-11-3-2-6-20-8-11;;;/h2-9H,1H3,(H2,19,21)(H,22,26)(H,24,25);3*1H. The number of imidazole rings is 1. The van der Waals surface area contributed by atoms with E-state index in [2.05, 4.69) is 30.2 Å². The van der Waals surface area contributed by atoms with E-state index in [1.54, 1.807) is 24.5 Å². The van der Waals surface area contributed by atoms with Crippen LogP contribution in [0.5, 0.6) is 0 Å². The van der Waals surface area contributed by atoms with Crippen molar-refractivity contribution in [3.05, 3.63) is 60.2 Å². The molecule has 3 aromatic heterocycles. The SMILES string of the molecule is Cc1ccc2nc(-c3nc(C(=O)Nc4cccnc4)cnc3N)[nH]c2c1.[HH].[HH].[HH]. The van der Waals surface area contributed by atoms with E-state index in [1.807, 2.05) is 25.1 Å². The first kappa shape index (κ1) is 15.7. The number of pyridine rings is 1. The van der Waals surface area contributed by atoms with Crippen LogP contribution in [0, 0.1) is 6.92 Å². The van der Waals surface area contributed by atoms with Gasteiger partial charge in [0.25, 0.3) is 5.91 Å². The van der Waals surface area contributed by atoms with Crippen LogP contribution >= 0.6 is 0 Å². The van der Waals surface area contributed by atoms with Gasteiger partial charge in [-0.1, -0.05) is 6.07 Å². The summed E-state index contributed by atoms with van der Waals surface area (Å²) < 4.78 is 0. The fraction of sp³-hybridized carbons (Fsp3) is 0.0556. The average molecular weight is 351 g/mol. The first-order valence-corrected chi connectivity index (χ1v) is 7.91. The number of nitrogen functional groups attached to an aromatic ring is 1. The maximum atomic E-state index is 12.4. The molecule has 0 radical (unpaired) electrons. The summed E-state index contributed by atoms with van der Waals surface area (Å²) in [6.07, 6.45) is 4.50. The molecule has 8 nitrogen and oxygen atoms in total. The number of nitrogens with zero attached hydrogens (tertiary/aromatic N) is 4. The number of anilines is 2. The second-order valence-electron chi connectivity index (χ2n) is 5.79. The third kappa shape index (κ3) is 2.95. The Hall–Kier alpha value is -3.81.